The molecule has 0 aliphatic heterocycles. The van der Waals surface area contributed by atoms with Crippen molar-refractivity contribution in [1.29, 1.82) is 0 Å². The summed E-state index contributed by atoms with van der Waals surface area (Å²) in [6.45, 7) is 0.214. The summed E-state index contributed by atoms with van der Waals surface area (Å²) in [6, 6.07) is 10.9. The molecular formula is C16H14F4N2O. The van der Waals surface area contributed by atoms with E-state index in [2.05, 4.69) is 5.32 Å². The number of hydrogen-bond acceptors (Lipinski definition) is 1. The highest BCUT2D eigenvalue weighted by Gasteiger charge is 2.35. The zero-order valence-electron chi connectivity index (χ0n) is 12.0. The molecule has 0 saturated heterocycles. The van der Waals surface area contributed by atoms with E-state index in [0.29, 0.717) is 12.5 Å². The zero-order chi connectivity index (χ0) is 16.9. The topological polar surface area (TPSA) is 41.1 Å². The Balaban J connectivity index is 1.98. The number of halogens is 4. The van der Waals surface area contributed by atoms with Gasteiger partial charge in [-0.25, -0.2) is 9.18 Å². The molecule has 23 heavy (non-hydrogen) atoms. The van der Waals surface area contributed by atoms with Crippen LogP contribution in [0.25, 0.3) is 0 Å². The van der Waals surface area contributed by atoms with Crippen LogP contribution in [0.3, 0.4) is 0 Å². The summed E-state index contributed by atoms with van der Waals surface area (Å²) in [5, 5.41) is 4.33. The summed E-state index contributed by atoms with van der Waals surface area (Å²) >= 11 is 0. The maximum absolute atomic E-state index is 13.6. The van der Waals surface area contributed by atoms with Gasteiger partial charge in [-0.05, 0) is 24.1 Å². The first-order valence-electron chi connectivity index (χ1n) is 6.82. The molecule has 0 radical (unpaired) electrons. The third-order valence-corrected chi connectivity index (χ3v) is 3.10. The van der Waals surface area contributed by atoms with Crippen molar-refractivity contribution < 1.29 is 22.4 Å². The second-order valence-electron chi connectivity index (χ2n) is 4.78. The highest BCUT2D eigenvalue weighted by molar-refractivity contribution is 5.90. The molecule has 0 atom stereocenters. The number of anilines is 1. The first kappa shape index (κ1) is 16.8. The van der Waals surface area contributed by atoms with Gasteiger partial charge in [0.05, 0.1) is 11.3 Å². The van der Waals surface area contributed by atoms with E-state index in [1.807, 2.05) is 35.6 Å². The van der Waals surface area contributed by atoms with E-state index in [1.54, 1.807) is 0 Å². The van der Waals surface area contributed by atoms with Crippen molar-refractivity contribution in [2.24, 2.45) is 0 Å². The smallest absolute Gasteiger partial charge is 0.338 e. The van der Waals surface area contributed by atoms with Crippen molar-refractivity contribution in [2.45, 2.75) is 12.6 Å². The highest BCUT2D eigenvalue weighted by Crippen LogP contribution is 2.35. The summed E-state index contributed by atoms with van der Waals surface area (Å²) in [6.07, 6.45) is -4.24. The lowest BCUT2D eigenvalue weighted by Crippen LogP contribution is -2.31. The van der Waals surface area contributed by atoms with E-state index in [-0.39, 0.29) is 6.54 Å². The Morgan fingerprint density at radius 2 is 1.70 bits per heavy atom. The first-order valence-corrected chi connectivity index (χ1v) is 6.82. The highest BCUT2D eigenvalue weighted by atomic mass is 19.4. The van der Waals surface area contributed by atoms with Gasteiger partial charge in [-0.3, -0.25) is 0 Å². The van der Waals surface area contributed by atoms with Gasteiger partial charge in [-0.2, -0.15) is 13.2 Å². The molecule has 0 spiro atoms. The second kappa shape index (κ2) is 7.13. The Bertz CT molecular complexity index is 672. The van der Waals surface area contributed by atoms with Gasteiger partial charge in [0.15, 0.2) is 0 Å². The molecule has 0 unspecified atom stereocenters. The molecule has 2 aromatic rings. The lowest BCUT2D eigenvalue weighted by Gasteiger charge is -2.15. The molecule has 2 amide bonds. The van der Waals surface area contributed by atoms with Crippen LogP contribution >= 0.6 is 0 Å². The van der Waals surface area contributed by atoms with Gasteiger partial charge in [0.25, 0.3) is 0 Å². The number of carbonyl (C=O) groups excluding carboxylic acids is 1. The average Bonchev–Trinajstić information content (AvgIpc) is 2.49. The Labute approximate surface area is 130 Å². The van der Waals surface area contributed by atoms with Crippen molar-refractivity contribution in [2.75, 3.05) is 11.9 Å². The third-order valence-electron chi connectivity index (χ3n) is 3.10. The van der Waals surface area contributed by atoms with Crippen LogP contribution in [-0.2, 0) is 12.6 Å². The summed E-state index contributed by atoms with van der Waals surface area (Å²) in [5.74, 6) is -1.14. The van der Waals surface area contributed by atoms with Crippen LogP contribution in [-0.4, -0.2) is 12.6 Å². The van der Waals surface area contributed by atoms with Gasteiger partial charge in [-0.15, -0.1) is 0 Å². The quantitative estimate of drug-likeness (QED) is 0.812. The largest absolute Gasteiger partial charge is 0.418 e. The number of para-hydroxylation sites is 1. The average molecular weight is 326 g/mol. The molecule has 7 heteroatoms. The van der Waals surface area contributed by atoms with E-state index in [4.69, 9.17) is 0 Å². The molecule has 3 nitrogen and oxygen atoms in total. The monoisotopic (exact) mass is 326 g/mol. The molecule has 0 heterocycles. The molecule has 0 fully saturated rings. The molecule has 2 N–H and O–H groups in total. The Hall–Kier alpha value is -2.57. The number of amides is 2. The Morgan fingerprint density at radius 3 is 2.35 bits per heavy atom. The predicted octanol–water partition coefficient (Wildman–Crippen LogP) is 4.21. The van der Waals surface area contributed by atoms with E-state index in [0.717, 1.165) is 17.7 Å². The second-order valence-corrected chi connectivity index (χ2v) is 4.78. The fraction of sp³-hybridized carbons (Fsp3) is 0.188. The van der Waals surface area contributed by atoms with Crippen molar-refractivity contribution in [3.8, 4) is 0 Å². The van der Waals surface area contributed by atoms with Gasteiger partial charge in [0, 0.05) is 6.54 Å². The van der Waals surface area contributed by atoms with Crippen LogP contribution in [0.15, 0.2) is 48.5 Å². The van der Waals surface area contributed by atoms with Crippen LogP contribution in [0.1, 0.15) is 11.1 Å². The van der Waals surface area contributed by atoms with E-state index in [9.17, 15) is 22.4 Å². The normalized spacial score (nSPS) is 11.1. The Kier molecular flexibility index (Phi) is 5.20. The standard InChI is InChI=1S/C16H14F4N2O/c17-13-8-4-7-12(16(18,19)20)14(13)22-15(23)21-10-9-11-5-2-1-3-6-11/h1-8H,9-10H2,(H2,21,22,23). The summed E-state index contributed by atoms with van der Waals surface area (Å²) in [7, 11) is 0. The number of benzene rings is 2. The molecule has 2 rings (SSSR count). The summed E-state index contributed by atoms with van der Waals surface area (Å²) in [5.41, 5.74) is -1.14. The van der Waals surface area contributed by atoms with E-state index < -0.39 is 29.3 Å². The van der Waals surface area contributed by atoms with Gasteiger partial charge in [-0.1, -0.05) is 36.4 Å². The van der Waals surface area contributed by atoms with Gasteiger partial charge < -0.3 is 10.6 Å². The molecular weight excluding hydrogens is 312 g/mol. The lowest BCUT2D eigenvalue weighted by atomic mass is 10.1. The number of carbonyl (C=O) groups is 1. The minimum Gasteiger partial charge on any atom is -0.338 e. The maximum Gasteiger partial charge on any atom is 0.418 e. The van der Waals surface area contributed by atoms with Crippen molar-refractivity contribution >= 4 is 11.7 Å². The predicted molar refractivity (Wildman–Crippen MR) is 78.6 cm³/mol. The van der Waals surface area contributed by atoms with Crippen LogP contribution < -0.4 is 10.6 Å². The van der Waals surface area contributed by atoms with Gasteiger partial charge in [0.1, 0.15) is 5.82 Å². The minimum atomic E-state index is -4.76. The number of nitrogens with one attached hydrogen (secondary N) is 2. The van der Waals surface area contributed by atoms with Crippen LogP contribution in [0.5, 0.6) is 0 Å². The van der Waals surface area contributed by atoms with Crippen LogP contribution in [0.2, 0.25) is 0 Å². The molecule has 0 bridgehead atoms. The lowest BCUT2D eigenvalue weighted by molar-refractivity contribution is -0.137. The number of rotatable bonds is 4. The van der Waals surface area contributed by atoms with Crippen LogP contribution in [0.4, 0.5) is 28.0 Å². The third kappa shape index (κ3) is 4.70. The van der Waals surface area contributed by atoms with Crippen molar-refractivity contribution in [3.63, 3.8) is 0 Å². The fourth-order valence-electron chi connectivity index (χ4n) is 2.01. The molecule has 122 valence electrons. The van der Waals surface area contributed by atoms with Crippen LogP contribution in [0, 0.1) is 5.82 Å². The van der Waals surface area contributed by atoms with Crippen molar-refractivity contribution in [1.82, 2.24) is 5.32 Å². The number of urea groups is 1. The summed E-state index contributed by atoms with van der Waals surface area (Å²) in [4.78, 5) is 11.7. The molecule has 0 saturated carbocycles. The molecule has 0 aromatic heterocycles. The first-order chi connectivity index (χ1) is 10.9. The fourth-order valence-corrected chi connectivity index (χ4v) is 2.01. The molecule has 2 aromatic carbocycles. The zero-order valence-corrected chi connectivity index (χ0v) is 12.0. The van der Waals surface area contributed by atoms with E-state index >= 15 is 0 Å². The van der Waals surface area contributed by atoms with Gasteiger partial charge >= 0.3 is 12.2 Å². The van der Waals surface area contributed by atoms with E-state index in [1.165, 1.54) is 0 Å². The molecule has 0 aliphatic carbocycles. The van der Waals surface area contributed by atoms with Crippen molar-refractivity contribution in [3.05, 3.63) is 65.5 Å². The van der Waals surface area contributed by atoms with Gasteiger partial charge in [0.2, 0.25) is 0 Å². The maximum atomic E-state index is 13.6. The summed E-state index contributed by atoms with van der Waals surface area (Å²) < 4.78 is 52.0. The number of hydrogen-bond donors (Lipinski definition) is 2. The Morgan fingerprint density at radius 1 is 1.00 bits per heavy atom. The minimum absolute atomic E-state index is 0.214. The molecule has 0 aliphatic rings. The number of alkyl halides is 3. The SMILES string of the molecule is O=C(NCCc1ccccc1)Nc1c(F)cccc1C(F)(F)F.